The first-order valence-corrected chi connectivity index (χ1v) is 7.75. The summed E-state index contributed by atoms with van der Waals surface area (Å²) in [5, 5.41) is 13.1. The highest BCUT2D eigenvalue weighted by atomic mass is 79.9. The molecule has 0 aromatic heterocycles. The fourth-order valence-electron chi connectivity index (χ4n) is 1.72. The maximum atomic E-state index is 9.81. The number of ether oxygens (including phenoxy) is 2. The zero-order chi connectivity index (χ0) is 14.8. The molecular formula is C15H24BrNO3. The summed E-state index contributed by atoms with van der Waals surface area (Å²) < 4.78 is 11.6. The fraction of sp³-hybridized carbons (Fsp3) is 0.600. The van der Waals surface area contributed by atoms with E-state index in [0.717, 1.165) is 4.47 Å². The SMILES string of the molecule is CCOCCOCC(O)CNC(C)c1ccc(Br)cc1. The van der Waals surface area contributed by atoms with Crippen LogP contribution < -0.4 is 5.32 Å². The summed E-state index contributed by atoms with van der Waals surface area (Å²) >= 11 is 3.42. The molecule has 4 nitrogen and oxygen atoms in total. The van der Waals surface area contributed by atoms with Crippen LogP contribution in [0.15, 0.2) is 28.7 Å². The second-order valence-corrected chi connectivity index (χ2v) is 5.52. The van der Waals surface area contributed by atoms with Crippen LogP contribution in [0.1, 0.15) is 25.5 Å². The van der Waals surface area contributed by atoms with Crippen LogP contribution in [0.5, 0.6) is 0 Å². The lowest BCUT2D eigenvalue weighted by Crippen LogP contribution is -2.32. The number of aliphatic hydroxyl groups is 1. The predicted molar refractivity (Wildman–Crippen MR) is 83.9 cm³/mol. The highest BCUT2D eigenvalue weighted by Crippen LogP contribution is 2.16. The van der Waals surface area contributed by atoms with E-state index < -0.39 is 6.10 Å². The summed E-state index contributed by atoms with van der Waals surface area (Å²) in [5.74, 6) is 0. The topological polar surface area (TPSA) is 50.7 Å². The van der Waals surface area contributed by atoms with Crippen molar-refractivity contribution in [3.63, 3.8) is 0 Å². The predicted octanol–water partition coefficient (Wildman–Crippen LogP) is 2.51. The van der Waals surface area contributed by atoms with Crippen LogP contribution in [0, 0.1) is 0 Å². The number of aliphatic hydroxyl groups excluding tert-OH is 1. The summed E-state index contributed by atoms with van der Waals surface area (Å²) in [6.45, 7) is 6.64. The monoisotopic (exact) mass is 345 g/mol. The van der Waals surface area contributed by atoms with E-state index in [9.17, 15) is 5.11 Å². The maximum absolute atomic E-state index is 9.81. The summed E-state index contributed by atoms with van der Waals surface area (Å²) in [4.78, 5) is 0. The molecule has 1 aromatic rings. The molecule has 0 fully saturated rings. The van der Waals surface area contributed by atoms with E-state index in [1.807, 2.05) is 19.1 Å². The molecule has 0 saturated heterocycles. The molecule has 0 bridgehead atoms. The van der Waals surface area contributed by atoms with Crippen molar-refractivity contribution in [3.05, 3.63) is 34.3 Å². The Hall–Kier alpha value is -0.460. The molecule has 0 heterocycles. The Kier molecular flexibility index (Phi) is 9.05. The molecule has 20 heavy (non-hydrogen) atoms. The van der Waals surface area contributed by atoms with Crippen molar-refractivity contribution in [1.29, 1.82) is 0 Å². The van der Waals surface area contributed by atoms with Crippen molar-refractivity contribution < 1.29 is 14.6 Å². The Morgan fingerprint density at radius 3 is 2.50 bits per heavy atom. The summed E-state index contributed by atoms with van der Waals surface area (Å²) in [6.07, 6.45) is -0.505. The van der Waals surface area contributed by atoms with E-state index in [1.165, 1.54) is 5.56 Å². The van der Waals surface area contributed by atoms with Crippen LogP contribution in [-0.2, 0) is 9.47 Å². The van der Waals surface area contributed by atoms with Gasteiger partial charge in [-0.25, -0.2) is 0 Å². The standard InChI is InChI=1S/C15H24BrNO3/c1-3-19-8-9-20-11-15(18)10-17-12(2)13-4-6-14(16)7-5-13/h4-7,12,15,17-18H,3,8-11H2,1-2H3. The van der Waals surface area contributed by atoms with Gasteiger partial charge in [-0.3, -0.25) is 0 Å². The minimum absolute atomic E-state index is 0.196. The number of halogens is 1. The zero-order valence-corrected chi connectivity index (χ0v) is 13.7. The minimum Gasteiger partial charge on any atom is -0.389 e. The van der Waals surface area contributed by atoms with E-state index >= 15 is 0 Å². The van der Waals surface area contributed by atoms with Crippen molar-refractivity contribution in [2.75, 3.05) is 33.0 Å². The van der Waals surface area contributed by atoms with Gasteiger partial charge in [0.2, 0.25) is 0 Å². The number of rotatable bonds is 10. The second kappa shape index (κ2) is 10.3. The second-order valence-electron chi connectivity index (χ2n) is 4.61. The van der Waals surface area contributed by atoms with Crippen molar-refractivity contribution in [2.24, 2.45) is 0 Å². The molecule has 2 unspecified atom stereocenters. The highest BCUT2D eigenvalue weighted by Gasteiger charge is 2.08. The van der Waals surface area contributed by atoms with Gasteiger partial charge in [0.15, 0.2) is 0 Å². The van der Waals surface area contributed by atoms with Crippen molar-refractivity contribution in [2.45, 2.75) is 26.0 Å². The Balaban J connectivity index is 2.16. The largest absolute Gasteiger partial charge is 0.389 e. The van der Waals surface area contributed by atoms with Crippen molar-refractivity contribution in [1.82, 2.24) is 5.32 Å². The molecule has 1 aromatic carbocycles. The maximum Gasteiger partial charge on any atom is 0.0897 e. The van der Waals surface area contributed by atoms with Gasteiger partial charge in [0, 0.05) is 23.7 Å². The molecule has 114 valence electrons. The van der Waals surface area contributed by atoms with Crippen LogP contribution >= 0.6 is 15.9 Å². The normalized spacial score (nSPS) is 14.2. The van der Waals surface area contributed by atoms with Crippen molar-refractivity contribution in [3.8, 4) is 0 Å². The molecule has 5 heteroatoms. The van der Waals surface area contributed by atoms with E-state index in [-0.39, 0.29) is 6.04 Å². The molecule has 0 amide bonds. The third-order valence-corrected chi connectivity index (χ3v) is 3.44. The molecule has 0 aliphatic heterocycles. The van der Waals surface area contributed by atoms with E-state index in [0.29, 0.717) is 33.0 Å². The van der Waals surface area contributed by atoms with Gasteiger partial charge in [0.25, 0.3) is 0 Å². The Morgan fingerprint density at radius 2 is 1.85 bits per heavy atom. The van der Waals surface area contributed by atoms with Crippen LogP contribution in [0.4, 0.5) is 0 Å². The molecular weight excluding hydrogens is 322 g/mol. The number of benzene rings is 1. The Morgan fingerprint density at radius 1 is 1.20 bits per heavy atom. The van der Waals surface area contributed by atoms with Crippen LogP contribution in [0.2, 0.25) is 0 Å². The van der Waals surface area contributed by atoms with Crippen LogP contribution in [0.25, 0.3) is 0 Å². The molecule has 0 aliphatic carbocycles. The summed E-state index contributed by atoms with van der Waals surface area (Å²) in [5.41, 5.74) is 1.19. The lowest BCUT2D eigenvalue weighted by molar-refractivity contribution is 0.00586. The number of hydrogen-bond acceptors (Lipinski definition) is 4. The van der Waals surface area contributed by atoms with E-state index in [2.05, 4.69) is 40.3 Å². The Labute approximate surface area is 129 Å². The Bertz CT molecular complexity index is 359. The molecule has 2 N–H and O–H groups in total. The van der Waals surface area contributed by atoms with Gasteiger partial charge in [-0.05, 0) is 31.5 Å². The van der Waals surface area contributed by atoms with Gasteiger partial charge in [0.1, 0.15) is 0 Å². The van der Waals surface area contributed by atoms with E-state index in [4.69, 9.17) is 9.47 Å². The summed E-state index contributed by atoms with van der Waals surface area (Å²) in [7, 11) is 0. The first-order valence-electron chi connectivity index (χ1n) is 6.96. The lowest BCUT2D eigenvalue weighted by atomic mass is 10.1. The smallest absolute Gasteiger partial charge is 0.0897 e. The van der Waals surface area contributed by atoms with Crippen LogP contribution in [0.3, 0.4) is 0 Å². The first-order chi connectivity index (χ1) is 9.63. The average molecular weight is 346 g/mol. The molecule has 2 atom stereocenters. The third-order valence-electron chi connectivity index (χ3n) is 2.92. The number of nitrogens with one attached hydrogen (secondary N) is 1. The van der Waals surface area contributed by atoms with Gasteiger partial charge >= 0.3 is 0 Å². The fourth-order valence-corrected chi connectivity index (χ4v) is 1.99. The van der Waals surface area contributed by atoms with Gasteiger partial charge < -0.3 is 19.9 Å². The van der Waals surface area contributed by atoms with Gasteiger partial charge in [-0.1, -0.05) is 28.1 Å². The molecule has 0 radical (unpaired) electrons. The lowest BCUT2D eigenvalue weighted by Gasteiger charge is -2.17. The average Bonchev–Trinajstić information content (AvgIpc) is 2.45. The van der Waals surface area contributed by atoms with Crippen LogP contribution in [-0.4, -0.2) is 44.2 Å². The molecule has 0 saturated carbocycles. The molecule has 1 rings (SSSR count). The van der Waals surface area contributed by atoms with Gasteiger partial charge in [0.05, 0.1) is 25.9 Å². The minimum atomic E-state index is -0.505. The van der Waals surface area contributed by atoms with Gasteiger partial charge in [-0.15, -0.1) is 0 Å². The van der Waals surface area contributed by atoms with Gasteiger partial charge in [-0.2, -0.15) is 0 Å². The number of hydrogen-bond donors (Lipinski definition) is 2. The highest BCUT2D eigenvalue weighted by molar-refractivity contribution is 9.10. The quantitative estimate of drug-likeness (QED) is 0.639. The van der Waals surface area contributed by atoms with E-state index in [1.54, 1.807) is 0 Å². The zero-order valence-electron chi connectivity index (χ0n) is 12.1. The first kappa shape index (κ1) is 17.6. The van der Waals surface area contributed by atoms with Crippen molar-refractivity contribution >= 4 is 15.9 Å². The third kappa shape index (κ3) is 7.36. The molecule has 0 spiro atoms. The molecule has 0 aliphatic rings. The summed E-state index contributed by atoms with van der Waals surface area (Å²) in [6, 6.07) is 8.35.